The second-order valence-electron chi connectivity index (χ2n) is 4.92. The summed E-state index contributed by atoms with van der Waals surface area (Å²) in [5, 5.41) is 4.85. The predicted molar refractivity (Wildman–Crippen MR) is 77.6 cm³/mol. The van der Waals surface area contributed by atoms with Crippen molar-refractivity contribution in [3.8, 4) is 0 Å². The van der Waals surface area contributed by atoms with Crippen molar-refractivity contribution < 1.29 is 0 Å². The van der Waals surface area contributed by atoms with Crippen LogP contribution in [0, 0.1) is 12.8 Å². The van der Waals surface area contributed by atoms with Crippen molar-refractivity contribution in [2.45, 2.75) is 26.8 Å². The molecule has 1 aromatic heterocycles. The van der Waals surface area contributed by atoms with E-state index in [1.807, 2.05) is 0 Å². The van der Waals surface area contributed by atoms with Gasteiger partial charge in [0.15, 0.2) is 0 Å². The second kappa shape index (κ2) is 6.03. The molecule has 98 valence electrons. The fourth-order valence-electron chi connectivity index (χ4n) is 2.36. The molecule has 0 aliphatic carbocycles. The Hall–Kier alpha value is -1.32. The molecule has 18 heavy (non-hydrogen) atoms. The Morgan fingerprint density at radius 2 is 2.11 bits per heavy atom. The molecule has 3 heteroatoms. The van der Waals surface area contributed by atoms with Crippen LogP contribution in [-0.2, 0) is 6.54 Å². The smallest absolute Gasteiger partial charge is 0.0459 e. The van der Waals surface area contributed by atoms with E-state index in [2.05, 4.69) is 48.4 Å². The summed E-state index contributed by atoms with van der Waals surface area (Å²) in [6.07, 6.45) is 1.14. The molecule has 0 bridgehead atoms. The van der Waals surface area contributed by atoms with E-state index >= 15 is 0 Å². The van der Waals surface area contributed by atoms with Crippen LogP contribution in [0.5, 0.6) is 0 Å². The van der Waals surface area contributed by atoms with E-state index in [1.54, 1.807) is 0 Å². The Labute approximate surface area is 109 Å². The summed E-state index contributed by atoms with van der Waals surface area (Å²) in [4.78, 5) is 3.43. The van der Waals surface area contributed by atoms with Gasteiger partial charge in [0.2, 0.25) is 0 Å². The van der Waals surface area contributed by atoms with Crippen molar-refractivity contribution in [2.75, 3.05) is 13.1 Å². The third-order valence-corrected chi connectivity index (χ3v) is 3.67. The van der Waals surface area contributed by atoms with Crippen molar-refractivity contribution in [1.82, 2.24) is 10.3 Å². The van der Waals surface area contributed by atoms with Gasteiger partial charge in [0.1, 0.15) is 0 Å². The summed E-state index contributed by atoms with van der Waals surface area (Å²) >= 11 is 0. The number of rotatable bonds is 6. The molecule has 0 saturated carbocycles. The highest BCUT2D eigenvalue weighted by atomic mass is 14.9. The molecule has 0 aliphatic heterocycles. The van der Waals surface area contributed by atoms with E-state index in [1.165, 1.54) is 22.2 Å². The zero-order valence-corrected chi connectivity index (χ0v) is 11.3. The summed E-state index contributed by atoms with van der Waals surface area (Å²) in [7, 11) is 0. The van der Waals surface area contributed by atoms with Crippen molar-refractivity contribution in [3.05, 3.63) is 35.5 Å². The molecular formula is C15H23N3. The van der Waals surface area contributed by atoms with E-state index < -0.39 is 0 Å². The Kier molecular flexibility index (Phi) is 4.39. The molecule has 0 fully saturated rings. The van der Waals surface area contributed by atoms with E-state index in [4.69, 9.17) is 5.73 Å². The lowest BCUT2D eigenvalue weighted by Gasteiger charge is -2.13. The number of benzene rings is 1. The van der Waals surface area contributed by atoms with E-state index in [0.29, 0.717) is 5.92 Å². The lowest BCUT2D eigenvalue weighted by molar-refractivity contribution is 0.471. The summed E-state index contributed by atoms with van der Waals surface area (Å²) in [5.41, 5.74) is 9.56. The Bertz CT molecular complexity index is 497. The first-order valence-electron chi connectivity index (χ1n) is 6.73. The number of aromatic nitrogens is 1. The van der Waals surface area contributed by atoms with Gasteiger partial charge in [-0.2, -0.15) is 0 Å². The topological polar surface area (TPSA) is 53.8 Å². The van der Waals surface area contributed by atoms with Crippen LogP contribution < -0.4 is 11.1 Å². The average Bonchev–Trinajstić information content (AvgIpc) is 2.71. The van der Waals surface area contributed by atoms with E-state index in [9.17, 15) is 0 Å². The van der Waals surface area contributed by atoms with Gasteiger partial charge < -0.3 is 16.0 Å². The van der Waals surface area contributed by atoms with Crippen LogP contribution >= 0.6 is 0 Å². The predicted octanol–water partition coefficient (Wildman–Crippen LogP) is 2.55. The fourth-order valence-corrected chi connectivity index (χ4v) is 2.36. The average molecular weight is 245 g/mol. The molecule has 0 aliphatic rings. The van der Waals surface area contributed by atoms with Gasteiger partial charge in [-0.15, -0.1) is 0 Å². The number of fused-ring (bicyclic) bond motifs is 1. The molecule has 4 N–H and O–H groups in total. The lowest BCUT2D eigenvalue weighted by Crippen LogP contribution is -2.27. The first kappa shape index (κ1) is 13.1. The number of hydrogen-bond donors (Lipinski definition) is 3. The van der Waals surface area contributed by atoms with Crippen LogP contribution in [0.25, 0.3) is 10.9 Å². The number of aryl methyl sites for hydroxylation is 1. The Morgan fingerprint density at radius 1 is 1.33 bits per heavy atom. The fraction of sp³-hybridized carbons (Fsp3) is 0.467. The quantitative estimate of drug-likeness (QED) is 0.732. The number of para-hydroxylation sites is 1. The Morgan fingerprint density at radius 3 is 2.83 bits per heavy atom. The molecule has 3 nitrogen and oxygen atoms in total. The highest BCUT2D eigenvalue weighted by molar-refractivity contribution is 5.84. The number of H-pyrrole nitrogens is 1. The van der Waals surface area contributed by atoms with Gasteiger partial charge in [-0.3, -0.25) is 0 Å². The second-order valence-corrected chi connectivity index (χ2v) is 4.92. The highest BCUT2D eigenvalue weighted by Gasteiger charge is 2.08. The standard InChI is InChI=1S/C15H23N3/c1-3-12(8-16)9-17-10-14-11(2)18-15-7-5-4-6-13(14)15/h4-7,12,17-18H,3,8-10,16H2,1-2H3. The normalized spacial score (nSPS) is 13.1. The summed E-state index contributed by atoms with van der Waals surface area (Å²) in [6.45, 7) is 6.99. The van der Waals surface area contributed by atoms with Crippen molar-refractivity contribution in [2.24, 2.45) is 11.7 Å². The van der Waals surface area contributed by atoms with E-state index in [0.717, 1.165) is 26.1 Å². The van der Waals surface area contributed by atoms with Gasteiger partial charge in [0.05, 0.1) is 0 Å². The van der Waals surface area contributed by atoms with Gasteiger partial charge >= 0.3 is 0 Å². The van der Waals surface area contributed by atoms with Gasteiger partial charge in [-0.05, 0) is 37.6 Å². The first-order valence-corrected chi connectivity index (χ1v) is 6.73. The third kappa shape index (κ3) is 2.74. The third-order valence-electron chi connectivity index (χ3n) is 3.67. The monoisotopic (exact) mass is 245 g/mol. The van der Waals surface area contributed by atoms with Gasteiger partial charge in [0, 0.05) is 23.1 Å². The van der Waals surface area contributed by atoms with Crippen LogP contribution in [0.2, 0.25) is 0 Å². The number of nitrogens with two attached hydrogens (primary N) is 1. The molecule has 1 unspecified atom stereocenters. The van der Waals surface area contributed by atoms with Crippen LogP contribution in [0.15, 0.2) is 24.3 Å². The molecule has 0 saturated heterocycles. The van der Waals surface area contributed by atoms with E-state index in [-0.39, 0.29) is 0 Å². The minimum absolute atomic E-state index is 0.579. The van der Waals surface area contributed by atoms with Crippen LogP contribution in [-0.4, -0.2) is 18.1 Å². The van der Waals surface area contributed by atoms with Crippen LogP contribution in [0.4, 0.5) is 0 Å². The zero-order chi connectivity index (χ0) is 13.0. The number of nitrogens with one attached hydrogen (secondary N) is 2. The summed E-state index contributed by atoms with van der Waals surface area (Å²) < 4.78 is 0. The molecule has 2 aromatic rings. The van der Waals surface area contributed by atoms with Crippen molar-refractivity contribution >= 4 is 10.9 Å². The minimum Gasteiger partial charge on any atom is -0.358 e. The maximum absolute atomic E-state index is 5.72. The number of aromatic amines is 1. The largest absolute Gasteiger partial charge is 0.358 e. The van der Waals surface area contributed by atoms with Crippen molar-refractivity contribution in [3.63, 3.8) is 0 Å². The molecule has 1 atom stereocenters. The zero-order valence-electron chi connectivity index (χ0n) is 11.3. The maximum Gasteiger partial charge on any atom is 0.0459 e. The molecule has 0 spiro atoms. The highest BCUT2D eigenvalue weighted by Crippen LogP contribution is 2.21. The summed E-state index contributed by atoms with van der Waals surface area (Å²) in [5.74, 6) is 0.579. The summed E-state index contributed by atoms with van der Waals surface area (Å²) in [6, 6.07) is 8.46. The minimum atomic E-state index is 0.579. The van der Waals surface area contributed by atoms with Gasteiger partial charge in [-0.1, -0.05) is 31.5 Å². The van der Waals surface area contributed by atoms with Crippen LogP contribution in [0.1, 0.15) is 24.6 Å². The molecule has 0 amide bonds. The first-order chi connectivity index (χ1) is 8.76. The molecule has 1 aromatic carbocycles. The lowest BCUT2D eigenvalue weighted by atomic mass is 10.1. The van der Waals surface area contributed by atoms with Crippen LogP contribution in [0.3, 0.4) is 0 Å². The van der Waals surface area contributed by atoms with Gasteiger partial charge in [0.25, 0.3) is 0 Å². The van der Waals surface area contributed by atoms with Crippen molar-refractivity contribution in [1.29, 1.82) is 0 Å². The Balaban J connectivity index is 2.05. The maximum atomic E-state index is 5.72. The molecule has 1 heterocycles. The molecule has 2 rings (SSSR count). The molecule has 0 radical (unpaired) electrons. The number of hydrogen-bond acceptors (Lipinski definition) is 2. The van der Waals surface area contributed by atoms with Gasteiger partial charge in [-0.25, -0.2) is 0 Å². The molecular weight excluding hydrogens is 222 g/mol. The SMILES string of the molecule is CCC(CN)CNCc1c(C)[nH]c2ccccc12.